The fraction of sp³-hybridized carbons (Fsp3) is 0.143. The van der Waals surface area contributed by atoms with Crippen molar-refractivity contribution in [3.8, 4) is 11.8 Å². The SMILES string of the molecule is Cc1ccc(C(=O)Nc2nccs2)cc1C#CCO. The quantitative estimate of drug-likeness (QED) is 0.822. The number of anilines is 1. The van der Waals surface area contributed by atoms with Crippen LogP contribution < -0.4 is 5.32 Å². The molecule has 0 aliphatic heterocycles. The average Bonchev–Trinajstić information content (AvgIpc) is 2.90. The van der Waals surface area contributed by atoms with E-state index in [1.165, 1.54) is 11.3 Å². The summed E-state index contributed by atoms with van der Waals surface area (Å²) in [4.78, 5) is 16.0. The highest BCUT2D eigenvalue weighted by Gasteiger charge is 2.08. The van der Waals surface area contributed by atoms with Crippen LogP contribution in [-0.2, 0) is 0 Å². The molecule has 0 atom stereocenters. The predicted octanol–water partition coefficient (Wildman–Crippen LogP) is 2.05. The third-order valence-corrected chi connectivity index (χ3v) is 3.14. The number of carbonyl (C=O) groups excluding carboxylic acids is 1. The summed E-state index contributed by atoms with van der Waals surface area (Å²) in [6.07, 6.45) is 1.63. The number of carbonyl (C=O) groups is 1. The van der Waals surface area contributed by atoms with Crippen LogP contribution in [0.5, 0.6) is 0 Å². The molecule has 96 valence electrons. The lowest BCUT2D eigenvalue weighted by molar-refractivity contribution is 0.102. The third-order valence-electron chi connectivity index (χ3n) is 2.45. The van der Waals surface area contributed by atoms with Crippen LogP contribution in [0.3, 0.4) is 0 Å². The van der Waals surface area contributed by atoms with Gasteiger partial charge in [0.25, 0.3) is 5.91 Å². The maximum absolute atomic E-state index is 12.0. The minimum Gasteiger partial charge on any atom is -0.384 e. The van der Waals surface area contributed by atoms with Gasteiger partial charge in [0.2, 0.25) is 0 Å². The second kappa shape index (κ2) is 6.14. The van der Waals surface area contributed by atoms with E-state index in [-0.39, 0.29) is 12.5 Å². The number of aliphatic hydroxyl groups is 1. The second-order valence-electron chi connectivity index (χ2n) is 3.78. The van der Waals surface area contributed by atoms with E-state index in [1.807, 2.05) is 13.0 Å². The molecular weight excluding hydrogens is 260 g/mol. The van der Waals surface area contributed by atoms with E-state index < -0.39 is 0 Å². The highest BCUT2D eigenvalue weighted by atomic mass is 32.1. The zero-order valence-corrected chi connectivity index (χ0v) is 11.1. The number of nitrogens with one attached hydrogen (secondary N) is 1. The number of nitrogens with zero attached hydrogens (tertiary/aromatic N) is 1. The van der Waals surface area contributed by atoms with E-state index in [0.29, 0.717) is 10.7 Å². The average molecular weight is 272 g/mol. The molecule has 0 aliphatic carbocycles. The summed E-state index contributed by atoms with van der Waals surface area (Å²) < 4.78 is 0. The number of thiazole rings is 1. The summed E-state index contributed by atoms with van der Waals surface area (Å²) in [6, 6.07) is 5.28. The van der Waals surface area contributed by atoms with Crippen LogP contribution in [0.15, 0.2) is 29.8 Å². The molecule has 19 heavy (non-hydrogen) atoms. The van der Waals surface area contributed by atoms with Gasteiger partial charge < -0.3 is 5.11 Å². The molecule has 0 bridgehead atoms. The first-order chi connectivity index (χ1) is 9.20. The molecular formula is C14H12N2O2S. The number of aliphatic hydroxyl groups excluding tert-OH is 1. The Hall–Kier alpha value is -2.16. The van der Waals surface area contributed by atoms with Crippen molar-refractivity contribution in [2.75, 3.05) is 11.9 Å². The maximum Gasteiger partial charge on any atom is 0.257 e. The van der Waals surface area contributed by atoms with Gasteiger partial charge in [0.1, 0.15) is 6.61 Å². The normalized spacial score (nSPS) is 9.58. The minimum atomic E-state index is -0.220. The van der Waals surface area contributed by atoms with Crippen LogP contribution in [0.1, 0.15) is 21.5 Å². The molecule has 5 heteroatoms. The third kappa shape index (κ3) is 3.41. The van der Waals surface area contributed by atoms with Crippen LogP contribution >= 0.6 is 11.3 Å². The lowest BCUT2D eigenvalue weighted by Crippen LogP contribution is -2.11. The lowest BCUT2D eigenvalue weighted by Gasteiger charge is -2.04. The number of hydrogen-bond donors (Lipinski definition) is 2. The van der Waals surface area contributed by atoms with Gasteiger partial charge in [-0.1, -0.05) is 17.9 Å². The number of hydrogen-bond acceptors (Lipinski definition) is 4. The van der Waals surface area contributed by atoms with Crippen LogP contribution in [0.2, 0.25) is 0 Å². The van der Waals surface area contributed by atoms with Gasteiger partial charge in [-0.25, -0.2) is 4.98 Å². The number of benzene rings is 1. The molecule has 0 aliphatic rings. The van der Waals surface area contributed by atoms with Crippen molar-refractivity contribution in [1.82, 2.24) is 4.98 Å². The van der Waals surface area contributed by atoms with Crippen molar-refractivity contribution in [2.24, 2.45) is 0 Å². The second-order valence-corrected chi connectivity index (χ2v) is 4.68. The maximum atomic E-state index is 12.0. The van der Waals surface area contributed by atoms with Crippen LogP contribution in [0.25, 0.3) is 0 Å². The molecule has 2 N–H and O–H groups in total. The molecule has 0 unspecified atom stereocenters. The monoisotopic (exact) mass is 272 g/mol. The first-order valence-corrected chi connectivity index (χ1v) is 6.50. The van der Waals surface area contributed by atoms with Crippen LogP contribution in [0, 0.1) is 18.8 Å². The van der Waals surface area contributed by atoms with Gasteiger partial charge in [0, 0.05) is 22.7 Å². The van der Waals surface area contributed by atoms with Crippen molar-refractivity contribution in [3.05, 3.63) is 46.5 Å². The Morgan fingerprint density at radius 3 is 3.05 bits per heavy atom. The van der Waals surface area contributed by atoms with Gasteiger partial charge in [0.05, 0.1) is 0 Å². The van der Waals surface area contributed by atoms with E-state index in [0.717, 1.165) is 11.1 Å². The Kier molecular flexibility index (Phi) is 4.29. The summed E-state index contributed by atoms with van der Waals surface area (Å²) in [6.45, 7) is 1.71. The molecule has 1 amide bonds. The molecule has 2 rings (SSSR count). The topological polar surface area (TPSA) is 62.2 Å². The molecule has 1 aromatic carbocycles. The zero-order valence-electron chi connectivity index (χ0n) is 10.3. The fourth-order valence-corrected chi connectivity index (χ4v) is 2.01. The Labute approximate surface area is 115 Å². The van der Waals surface area contributed by atoms with Gasteiger partial charge >= 0.3 is 0 Å². The first kappa shape index (κ1) is 13.3. The van der Waals surface area contributed by atoms with E-state index in [1.54, 1.807) is 23.7 Å². The molecule has 0 radical (unpaired) electrons. The van der Waals surface area contributed by atoms with Crippen molar-refractivity contribution < 1.29 is 9.90 Å². The number of aromatic nitrogens is 1. The molecule has 1 heterocycles. The summed E-state index contributed by atoms with van der Waals surface area (Å²) in [5, 5.41) is 13.8. The van der Waals surface area contributed by atoms with E-state index in [9.17, 15) is 4.79 Å². The largest absolute Gasteiger partial charge is 0.384 e. The Bertz CT molecular complexity index is 639. The zero-order chi connectivity index (χ0) is 13.7. The summed E-state index contributed by atoms with van der Waals surface area (Å²) in [7, 11) is 0. The van der Waals surface area contributed by atoms with E-state index in [4.69, 9.17) is 5.11 Å². The van der Waals surface area contributed by atoms with Gasteiger partial charge in [-0.3, -0.25) is 10.1 Å². The molecule has 0 spiro atoms. The lowest BCUT2D eigenvalue weighted by atomic mass is 10.0. The van der Waals surface area contributed by atoms with Crippen molar-refractivity contribution in [3.63, 3.8) is 0 Å². The molecule has 1 aromatic heterocycles. The molecule has 4 nitrogen and oxygen atoms in total. The van der Waals surface area contributed by atoms with E-state index >= 15 is 0 Å². The van der Waals surface area contributed by atoms with Crippen LogP contribution in [0.4, 0.5) is 5.13 Å². The van der Waals surface area contributed by atoms with Gasteiger partial charge in [0.15, 0.2) is 5.13 Å². The highest BCUT2D eigenvalue weighted by molar-refractivity contribution is 7.13. The first-order valence-electron chi connectivity index (χ1n) is 5.62. The summed E-state index contributed by atoms with van der Waals surface area (Å²) in [5.74, 6) is 5.18. The minimum absolute atomic E-state index is 0.199. The molecule has 0 saturated heterocycles. The molecule has 0 saturated carbocycles. The van der Waals surface area contributed by atoms with Crippen molar-refractivity contribution in [2.45, 2.75) is 6.92 Å². The Morgan fingerprint density at radius 2 is 2.37 bits per heavy atom. The van der Waals surface area contributed by atoms with Gasteiger partial charge in [-0.2, -0.15) is 0 Å². The highest BCUT2D eigenvalue weighted by Crippen LogP contribution is 2.14. The predicted molar refractivity (Wildman–Crippen MR) is 75.2 cm³/mol. The standard InChI is InChI=1S/C14H12N2O2S/c1-10-4-5-12(9-11(10)3-2-7-17)13(18)16-14-15-6-8-19-14/h4-6,8-9,17H,7H2,1H3,(H,15,16,18). The van der Waals surface area contributed by atoms with Gasteiger partial charge in [-0.05, 0) is 24.6 Å². The molecule has 2 aromatic rings. The van der Waals surface area contributed by atoms with Crippen molar-refractivity contribution in [1.29, 1.82) is 0 Å². The number of amides is 1. The smallest absolute Gasteiger partial charge is 0.257 e. The molecule has 0 fully saturated rings. The fourth-order valence-electron chi connectivity index (χ4n) is 1.49. The Balaban J connectivity index is 2.22. The summed E-state index contributed by atoms with van der Waals surface area (Å²) in [5.41, 5.74) is 2.22. The summed E-state index contributed by atoms with van der Waals surface area (Å²) >= 11 is 1.36. The number of rotatable bonds is 2. The number of aryl methyl sites for hydroxylation is 1. The Morgan fingerprint density at radius 1 is 1.53 bits per heavy atom. The van der Waals surface area contributed by atoms with Crippen molar-refractivity contribution >= 4 is 22.4 Å². The van der Waals surface area contributed by atoms with Gasteiger partial charge in [-0.15, -0.1) is 11.3 Å². The van der Waals surface area contributed by atoms with E-state index in [2.05, 4.69) is 22.1 Å². The van der Waals surface area contributed by atoms with Crippen LogP contribution in [-0.4, -0.2) is 22.6 Å².